The molecule has 0 fully saturated rings. The molecule has 0 spiro atoms. The van der Waals surface area contributed by atoms with Crippen LogP contribution in [0.2, 0.25) is 5.02 Å². The second-order valence-corrected chi connectivity index (χ2v) is 6.37. The van der Waals surface area contributed by atoms with E-state index in [2.05, 4.69) is 9.97 Å². The number of halogens is 1. The molecule has 24 heavy (non-hydrogen) atoms. The van der Waals surface area contributed by atoms with E-state index in [4.69, 9.17) is 16.9 Å². The number of amides is 1. The lowest BCUT2D eigenvalue weighted by molar-refractivity contribution is -0.116. The normalized spacial score (nSPS) is 10.5. The topological polar surface area (TPSA) is 72.8 Å². The Morgan fingerprint density at radius 1 is 1.29 bits per heavy atom. The molecule has 2 aromatic carbocycles. The molecule has 1 heterocycles. The number of nitrogens with zero attached hydrogens (tertiary/aromatic N) is 3. The smallest absolute Gasteiger partial charge is 0.238 e. The van der Waals surface area contributed by atoms with Crippen LogP contribution in [-0.2, 0) is 4.79 Å². The molecule has 0 bridgehead atoms. The summed E-state index contributed by atoms with van der Waals surface area (Å²) >= 11 is 7.25. The molecule has 0 unspecified atom stereocenters. The molecule has 0 aliphatic rings. The molecule has 3 rings (SSSR count). The summed E-state index contributed by atoms with van der Waals surface area (Å²) in [7, 11) is 0. The van der Waals surface area contributed by atoms with Crippen molar-refractivity contribution in [2.45, 2.75) is 5.16 Å². The number of fused-ring (bicyclic) bond motifs is 1. The minimum Gasteiger partial charge on any atom is -0.333 e. The molecule has 0 saturated carbocycles. The van der Waals surface area contributed by atoms with Gasteiger partial charge in [-0.15, -0.1) is 0 Å². The number of aromatic nitrogens is 2. The number of hydrogen-bond donors (Lipinski definition) is 1. The molecule has 0 saturated heterocycles. The van der Waals surface area contributed by atoms with E-state index in [1.807, 2.05) is 42.5 Å². The third-order valence-corrected chi connectivity index (χ3v) is 4.45. The molecule has 1 amide bonds. The second kappa shape index (κ2) is 7.39. The van der Waals surface area contributed by atoms with Crippen molar-refractivity contribution >= 4 is 46.0 Å². The molecule has 0 radical (unpaired) electrons. The molecule has 5 nitrogen and oxygen atoms in total. The fourth-order valence-corrected chi connectivity index (χ4v) is 3.17. The zero-order valence-electron chi connectivity index (χ0n) is 12.6. The number of nitrogens with one attached hydrogen (secondary N) is 1. The first-order chi connectivity index (χ1) is 11.7. The number of thioether (sulfide) groups is 1. The van der Waals surface area contributed by atoms with Gasteiger partial charge in [0.05, 0.1) is 22.9 Å². The summed E-state index contributed by atoms with van der Waals surface area (Å²) in [5.74, 6) is 0.0376. The maximum absolute atomic E-state index is 12.5. The van der Waals surface area contributed by atoms with Crippen LogP contribution >= 0.6 is 23.4 Å². The standard InChI is InChI=1S/C17H13ClN4OS/c18-12-6-7-14-15(10-12)21-17(20-14)24-11-16(23)22(9-8-19)13-4-2-1-3-5-13/h1-7,10H,9,11H2,(H,20,21). The van der Waals surface area contributed by atoms with Crippen LogP contribution in [-0.4, -0.2) is 28.2 Å². The first kappa shape index (κ1) is 16.4. The highest BCUT2D eigenvalue weighted by atomic mass is 35.5. The van der Waals surface area contributed by atoms with E-state index in [0.717, 1.165) is 11.0 Å². The fourth-order valence-electron chi connectivity index (χ4n) is 2.24. The van der Waals surface area contributed by atoms with Crippen LogP contribution in [0.1, 0.15) is 0 Å². The van der Waals surface area contributed by atoms with Gasteiger partial charge in [-0.25, -0.2) is 4.98 Å². The van der Waals surface area contributed by atoms with Gasteiger partial charge >= 0.3 is 0 Å². The zero-order chi connectivity index (χ0) is 16.9. The van der Waals surface area contributed by atoms with Gasteiger partial charge in [-0.05, 0) is 30.3 Å². The van der Waals surface area contributed by atoms with Gasteiger partial charge in [0.1, 0.15) is 6.54 Å². The summed E-state index contributed by atoms with van der Waals surface area (Å²) in [6.07, 6.45) is 0. The number of carbonyl (C=O) groups is 1. The number of para-hydroxylation sites is 1. The third kappa shape index (κ3) is 3.70. The number of anilines is 1. The van der Waals surface area contributed by atoms with Crippen molar-refractivity contribution < 1.29 is 4.79 Å². The van der Waals surface area contributed by atoms with E-state index in [-0.39, 0.29) is 18.2 Å². The maximum Gasteiger partial charge on any atom is 0.238 e. The minimum absolute atomic E-state index is 0.0130. The lowest BCUT2D eigenvalue weighted by atomic mass is 10.3. The summed E-state index contributed by atoms with van der Waals surface area (Å²) in [6, 6.07) is 16.6. The highest BCUT2D eigenvalue weighted by molar-refractivity contribution is 7.99. The third-order valence-electron chi connectivity index (χ3n) is 3.35. The number of rotatable bonds is 5. The molecular formula is C17H13ClN4OS. The second-order valence-electron chi connectivity index (χ2n) is 4.97. The van der Waals surface area contributed by atoms with Crippen LogP contribution in [0.4, 0.5) is 5.69 Å². The Morgan fingerprint density at radius 2 is 2.08 bits per heavy atom. The number of carbonyl (C=O) groups excluding carboxylic acids is 1. The van der Waals surface area contributed by atoms with Crippen LogP contribution in [0, 0.1) is 11.3 Å². The van der Waals surface area contributed by atoms with E-state index in [0.29, 0.717) is 15.9 Å². The first-order valence-electron chi connectivity index (χ1n) is 7.18. The van der Waals surface area contributed by atoms with Crippen LogP contribution in [0.25, 0.3) is 11.0 Å². The lowest BCUT2D eigenvalue weighted by Crippen LogP contribution is -2.32. The van der Waals surface area contributed by atoms with Crippen molar-refractivity contribution in [2.24, 2.45) is 0 Å². The summed E-state index contributed by atoms with van der Waals surface area (Å²) in [5, 5.41) is 10.2. The number of hydrogen-bond acceptors (Lipinski definition) is 4. The van der Waals surface area contributed by atoms with Crippen molar-refractivity contribution in [3.63, 3.8) is 0 Å². The number of nitriles is 1. The molecule has 3 aromatic rings. The zero-order valence-corrected chi connectivity index (χ0v) is 14.1. The predicted molar refractivity (Wildman–Crippen MR) is 96.2 cm³/mol. The average Bonchev–Trinajstić information content (AvgIpc) is 3.00. The number of H-pyrrole nitrogens is 1. The summed E-state index contributed by atoms with van der Waals surface area (Å²) in [6.45, 7) is 0.0130. The molecular weight excluding hydrogens is 344 g/mol. The molecule has 7 heteroatoms. The Hall–Kier alpha value is -2.49. The molecule has 120 valence electrons. The Kier molecular flexibility index (Phi) is 5.04. The SMILES string of the molecule is N#CCN(C(=O)CSc1nc2ccc(Cl)cc2[nH]1)c1ccccc1. The van der Waals surface area contributed by atoms with Gasteiger partial charge in [-0.3, -0.25) is 9.69 Å². The van der Waals surface area contributed by atoms with Gasteiger partial charge in [0.15, 0.2) is 5.16 Å². The van der Waals surface area contributed by atoms with Crippen LogP contribution in [0.15, 0.2) is 53.7 Å². The fraction of sp³-hybridized carbons (Fsp3) is 0.118. The van der Waals surface area contributed by atoms with Crippen molar-refractivity contribution in [3.8, 4) is 6.07 Å². The summed E-state index contributed by atoms with van der Waals surface area (Å²) in [4.78, 5) is 21.5. The molecule has 1 N–H and O–H groups in total. The van der Waals surface area contributed by atoms with E-state index >= 15 is 0 Å². The van der Waals surface area contributed by atoms with Crippen molar-refractivity contribution in [3.05, 3.63) is 53.6 Å². The van der Waals surface area contributed by atoms with Gasteiger partial charge in [-0.1, -0.05) is 41.6 Å². The van der Waals surface area contributed by atoms with Crippen LogP contribution in [0.5, 0.6) is 0 Å². The summed E-state index contributed by atoms with van der Waals surface area (Å²) < 4.78 is 0. The van der Waals surface area contributed by atoms with Gasteiger partial charge in [0.2, 0.25) is 5.91 Å². The van der Waals surface area contributed by atoms with E-state index < -0.39 is 0 Å². The lowest BCUT2D eigenvalue weighted by Gasteiger charge is -2.19. The maximum atomic E-state index is 12.5. The van der Waals surface area contributed by atoms with Gasteiger partial charge < -0.3 is 4.98 Å². The number of benzene rings is 2. The van der Waals surface area contributed by atoms with Crippen LogP contribution in [0.3, 0.4) is 0 Å². The van der Waals surface area contributed by atoms with Gasteiger partial charge in [0.25, 0.3) is 0 Å². The highest BCUT2D eigenvalue weighted by Gasteiger charge is 2.16. The Morgan fingerprint density at radius 3 is 2.83 bits per heavy atom. The number of aromatic amines is 1. The average molecular weight is 357 g/mol. The Balaban J connectivity index is 1.71. The largest absolute Gasteiger partial charge is 0.333 e. The van der Waals surface area contributed by atoms with Gasteiger partial charge in [0, 0.05) is 10.7 Å². The van der Waals surface area contributed by atoms with E-state index in [9.17, 15) is 4.79 Å². The minimum atomic E-state index is -0.147. The Labute approximate surface area is 148 Å². The monoisotopic (exact) mass is 356 g/mol. The predicted octanol–water partition coefficient (Wildman–Crippen LogP) is 3.87. The number of imidazole rings is 1. The molecule has 0 atom stereocenters. The molecule has 0 aliphatic carbocycles. The van der Waals surface area contributed by atoms with Crippen LogP contribution < -0.4 is 4.90 Å². The summed E-state index contributed by atoms with van der Waals surface area (Å²) in [5.41, 5.74) is 2.33. The van der Waals surface area contributed by atoms with Gasteiger partial charge in [-0.2, -0.15) is 5.26 Å². The van der Waals surface area contributed by atoms with Crippen molar-refractivity contribution in [1.82, 2.24) is 9.97 Å². The molecule has 1 aromatic heterocycles. The van der Waals surface area contributed by atoms with E-state index in [1.165, 1.54) is 16.7 Å². The van der Waals surface area contributed by atoms with Crippen molar-refractivity contribution in [2.75, 3.05) is 17.2 Å². The quantitative estimate of drug-likeness (QED) is 0.556. The first-order valence-corrected chi connectivity index (χ1v) is 8.54. The van der Waals surface area contributed by atoms with E-state index in [1.54, 1.807) is 12.1 Å². The van der Waals surface area contributed by atoms with Crippen molar-refractivity contribution in [1.29, 1.82) is 5.26 Å². The molecule has 0 aliphatic heterocycles. The highest BCUT2D eigenvalue weighted by Crippen LogP contribution is 2.23. The Bertz CT molecular complexity index is 904.